The molecule has 0 aromatic carbocycles. The van der Waals surface area contributed by atoms with Crippen LogP contribution in [0.5, 0.6) is 0 Å². The van der Waals surface area contributed by atoms with Crippen molar-refractivity contribution in [3.8, 4) is 0 Å². The second kappa shape index (κ2) is 25.1. The van der Waals surface area contributed by atoms with Crippen molar-refractivity contribution in [2.45, 2.75) is 135 Å². The zero-order valence-electron chi connectivity index (χ0n) is 23.1. The Morgan fingerprint density at radius 1 is 0.757 bits per heavy atom. The second-order valence-corrected chi connectivity index (χ2v) is 10.8. The zero-order chi connectivity index (χ0) is 27.6. The van der Waals surface area contributed by atoms with Gasteiger partial charge >= 0.3 is 19.8 Å². The molecule has 0 fully saturated rings. The lowest BCUT2D eigenvalue weighted by Gasteiger charge is -2.18. The first kappa shape index (κ1) is 35.8. The molecule has 1 atom stereocenters. The fraction of sp³-hybridized carbons (Fsp3) is 0.821. The van der Waals surface area contributed by atoms with Gasteiger partial charge in [-0.3, -0.25) is 14.1 Å². The molecule has 0 saturated carbocycles. The van der Waals surface area contributed by atoms with Gasteiger partial charge in [0, 0.05) is 12.8 Å². The molecule has 0 saturated heterocycles. The average molecular weight is 548 g/mol. The minimum atomic E-state index is -4.73. The van der Waals surface area contributed by atoms with Crippen LogP contribution >= 0.6 is 7.82 Å². The first-order chi connectivity index (χ1) is 17.8. The Bertz CT molecular complexity index is 632. The maximum absolute atomic E-state index is 12.2. The summed E-state index contributed by atoms with van der Waals surface area (Å²) in [7, 11) is -4.73. The number of carbonyl (C=O) groups excluding carboxylic acids is 2. The van der Waals surface area contributed by atoms with Gasteiger partial charge < -0.3 is 26.2 Å². The Kier molecular flexibility index (Phi) is 24.3. The van der Waals surface area contributed by atoms with Gasteiger partial charge in [-0.05, 0) is 38.5 Å². The average Bonchev–Trinajstić information content (AvgIpc) is 2.85. The molecule has 0 heterocycles. The smallest absolute Gasteiger partial charge is 0.462 e. The van der Waals surface area contributed by atoms with Crippen molar-refractivity contribution >= 4 is 19.8 Å². The van der Waals surface area contributed by atoms with Crippen molar-refractivity contribution in [1.29, 1.82) is 0 Å². The largest absolute Gasteiger partial charge is 0.469 e. The highest BCUT2D eigenvalue weighted by molar-refractivity contribution is 7.46. The van der Waals surface area contributed by atoms with Crippen molar-refractivity contribution in [2.24, 2.45) is 0 Å². The normalized spacial score (nSPS) is 12.6. The molecule has 0 unspecified atom stereocenters. The molecule has 0 aliphatic carbocycles. The fourth-order valence-corrected chi connectivity index (χ4v) is 4.12. The molecule has 0 aliphatic rings. The maximum Gasteiger partial charge on any atom is 0.469 e. The highest BCUT2D eigenvalue weighted by Gasteiger charge is 2.22. The molecule has 0 aliphatic heterocycles. The van der Waals surface area contributed by atoms with Gasteiger partial charge in [0.25, 0.3) is 0 Å². The standard InChI is InChI=1S/C28H52O8P/c1-3-5-7-9-10-11-12-13-14-15-16-17-18-19-21-23-28(30)36-26(25-35-37(31,32)33)24-34-27(29)22-20-8-6-4-2/h13-14,26H,2-12,15-25H2,1H3,(H2,31,32,33)/q-1/b14-13-/t26-/m1/s1. The van der Waals surface area contributed by atoms with Crippen LogP contribution < -0.4 is 0 Å². The summed E-state index contributed by atoms with van der Waals surface area (Å²) in [6.07, 6.45) is 22.3. The third-order valence-electron chi connectivity index (χ3n) is 5.93. The first-order valence-corrected chi connectivity index (χ1v) is 15.8. The maximum atomic E-state index is 12.2. The third kappa shape index (κ3) is 27.6. The predicted molar refractivity (Wildman–Crippen MR) is 147 cm³/mol. The summed E-state index contributed by atoms with van der Waals surface area (Å²) >= 11 is 0. The van der Waals surface area contributed by atoms with Gasteiger partial charge in [-0.25, -0.2) is 4.57 Å². The number of hydrogen-bond acceptors (Lipinski definition) is 6. The lowest BCUT2D eigenvalue weighted by Crippen LogP contribution is -2.29. The third-order valence-corrected chi connectivity index (χ3v) is 6.42. The summed E-state index contributed by atoms with van der Waals surface area (Å²) in [6, 6.07) is 0. The van der Waals surface area contributed by atoms with E-state index in [4.69, 9.17) is 19.3 Å². The van der Waals surface area contributed by atoms with Crippen molar-refractivity contribution in [2.75, 3.05) is 13.2 Å². The molecule has 0 amide bonds. The Hall–Kier alpha value is -1.21. The van der Waals surface area contributed by atoms with Crippen molar-refractivity contribution in [1.82, 2.24) is 0 Å². The van der Waals surface area contributed by atoms with Crippen molar-refractivity contribution in [3.63, 3.8) is 0 Å². The molecule has 8 nitrogen and oxygen atoms in total. The Balaban J connectivity index is 3.97. The first-order valence-electron chi connectivity index (χ1n) is 14.3. The predicted octanol–water partition coefficient (Wildman–Crippen LogP) is 7.37. The van der Waals surface area contributed by atoms with Crippen LogP contribution in [-0.4, -0.2) is 41.0 Å². The summed E-state index contributed by atoms with van der Waals surface area (Å²) in [5.41, 5.74) is 0. The van der Waals surface area contributed by atoms with Crippen LogP contribution in [0.15, 0.2) is 12.2 Å². The molecule has 2 N–H and O–H groups in total. The van der Waals surface area contributed by atoms with E-state index in [-0.39, 0.29) is 19.4 Å². The molecule has 0 bridgehead atoms. The quantitative estimate of drug-likeness (QED) is 0.0379. The van der Waals surface area contributed by atoms with Gasteiger partial charge in [-0.1, -0.05) is 83.3 Å². The highest BCUT2D eigenvalue weighted by Crippen LogP contribution is 2.35. The van der Waals surface area contributed by atoms with Gasteiger partial charge in [0.05, 0.1) is 6.61 Å². The number of phosphoric ester groups is 1. The molecule has 37 heavy (non-hydrogen) atoms. The van der Waals surface area contributed by atoms with Gasteiger partial charge in [0.2, 0.25) is 0 Å². The second-order valence-electron chi connectivity index (χ2n) is 9.58. The molecule has 0 spiro atoms. The van der Waals surface area contributed by atoms with E-state index >= 15 is 0 Å². The summed E-state index contributed by atoms with van der Waals surface area (Å²) in [6.45, 7) is 5.14. The molecule has 9 heteroatoms. The Morgan fingerprint density at radius 2 is 1.27 bits per heavy atom. The van der Waals surface area contributed by atoms with Crippen LogP contribution in [0.4, 0.5) is 0 Å². The van der Waals surface area contributed by atoms with E-state index in [1.807, 2.05) is 0 Å². The van der Waals surface area contributed by atoms with Crippen molar-refractivity contribution in [3.05, 3.63) is 19.1 Å². The van der Waals surface area contributed by atoms with Gasteiger partial charge in [-0.15, -0.1) is 0 Å². The van der Waals surface area contributed by atoms with Crippen LogP contribution in [0.1, 0.15) is 129 Å². The molecule has 218 valence electrons. The van der Waals surface area contributed by atoms with Crippen LogP contribution in [0.3, 0.4) is 0 Å². The Morgan fingerprint density at radius 3 is 1.84 bits per heavy atom. The number of allylic oxidation sites excluding steroid dienone is 2. The summed E-state index contributed by atoms with van der Waals surface area (Å²) in [5.74, 6) is -0.943. The number of phosphoric acid groups is 1. The van der Waals surface area contributed by atoms with Crippen molar-refractivity contribution < 1.29 is 37.9 Å². The number of ether oxygens (including phenoxy) is 2. The fourth-order valence-electron chi connectivity index (χ4n) is 3.76. The lowest BCUT2D eigenvalue weighted by atomic mass is 10.1. The molecular formula is C28H52O8P-. The van der Waals surface area contributed by atoms with Gasteiger partial charge in [0.1, 0.15) is 6.61 Å². The number of rotatable bonds is 26. The molecular weight excluding hydrogens is 495 g/mol. The lowest BCUT2D eigenvalue weighted by molar-refractivity contribution is -0.161. The van der Waals surface area contributed by atoms with E-state index in [0.29, 0.717) is 12.8 Å². The minimum absolute atomic E-state index is 0.198. The number of carbonyl (C=O) groups is 2. The molecule has 0 aromatic heterocycles. The number of unbranched alkanes of at least 4 members (excludes halogenated alkanes) is 14. The zero-order valence-corrected chi connectivity index (χ0v) is 24.0. The monoisotopic (exact) mass is 547 g/mol. The molecule has 0 rings (SSSR count). The minimum Gasteiger partial charge on any atom is -0.462 e. The topological polar surface area (TPSA) is 119 Å². The van der Waals surface area contributed by atoms with Gasteiger partial charge in [0.15, 0.2) is 6.10 Å². The van der Waals surface area contributed by atoms with Crippen LogP contribution in [0, 0.1) is 6.92 Å². The molecule has 0 aromatic rings. The summed E-state index contributed by atoms with van der Waals surface area (Å²) in [5, 5.41) is 0. The van der Waals surface area contributed by atoms with E-state index in [9.17, 15) is 14.2 Å². The van der Waals surface area contributed by atoms with E-state index in [1.54, 1.807) is 0 Å². The summed E-state index contributed by atoms with van der Waals surface area (Å²) < 4.78 is 25.8. The highest BCUT2D eigenvalue weighted by atomic mass is 31.2. The van der Waals surface area contributed by atoms with E-state index in [0.717, 1.165) is 51.4 Å². The van der Waals surface area contributed by atoms with Gasteiger partial charge in [-0.2, -0.15) is 6.42 Å². The van der Waals surface area contributed by atoms with E-state index in [1.165, 1.54) is 44.9 Å². The van der Waals surface area contributed by atoms with Crippen LogP contribution in [-0.2, 0) is 28.2 Å². The van der Waals surface area contributed by atoms with Crippen LogP contribution in [0.25, 0.3) is 0 Å². The van der Waals surface area contributed by atoms with E-state index < -0.39 is 32.5 Å². The number of hydrogen-bond donors (Lipinski definition) is 2. The van der Waals surface area contributed by atoms with Crippen LogP contribution in [0.2, 0.25) is 0 Å². The number of esters is 2. The SMILES string of the molecule is [CH2-]CCCCCC(=O)OC[C@H](COP(=O)(O)O)OC(=O)CCCCCCC/C=C\CCCCCCCC. The van der Waals surface area contributed by atoms with E-state index in [2.05, 4.69) is 30.5 Å². The summed E-state index contributed by atoms with van der Waals surface area (Å²) in [4.78, 5) is 41.9. The Labute approximate surface area is 225 Å². The molecule has 0 radical (unpaired) electrons.